The van der Waals surface area contributed by atoms with Crippen LogP contribution in [0.25, 0.3) is 0 Å². The third-order valence-corrected chi connectivity index (χ3v) is 7.50. The molecule has 27 heavy (non-hydrogen) atoms. The summed E-state index contributed by atoms with van der Waals surface area (Å²) in [5.41, 5.74) is 2.28. The number of para-hydroxylation sites is 1. The van der Waals surface area contributed by atoms with E-state index in [2.05, 4.69) is 6.08 Å². The smallest absolute Gasteiger partial charge is 0.309 e. The van der Waals surface area contributed by atoms with E-state index < -0.39 is 15.4 Å². The number of ether oxygens (including phenoxy) is 1. The van der Waals surface area contributed by atoms with Gasteiger partial charge >= 0.3 is 5.97 Å². The normalized spacial score (nSPS) is 25.4. The lowest BCUT2D eigenvalue weighted by atomic mass is 9.84. The minimum atomic E-state index is -3.55. The van der Waals surface area contributed by atoms with Crippen LogP contribution in [0.1, 0.15) is 32.3 Å². The number of benzene rings is 1. The van der Waals surface area contributed by atoms with Crippen LogP contribution in [0.15, 0.2) is 48.1 Å². The molecule has 0 saturated carbocycles. The lowest BCUT2D eigenvalue weighted by Crippen LogP contribution is -2.39. The molecule has 0 amide bonds. The van der Waals surface area contributed by atoms with Crippen LogP contribution >= 0.6 is 0 Å². The second-order valence-electron chi connectivity index (χ2n) is 7.81. The number of nitrogens with zero attached hydrogens (tertiary/aromatic N) is 1. The zero-order valence-electron chi connectivity index (χ0n) is 16.1. The lowest BCUT2D eigenvalue weighted by molar-refractivity contribution is -0.145. The molecule has 5 nitrogen and oxygen atoms in total. The molecule has 0 aromatic heterocycles. The van der Waals surface area contributed by atoms with Crippen molar-refractivity contribution in [3.8, 4) is 0 Å². The maximum Gasteiger partial charge on any atom is 0.309 e. The maximum absolute atomic E-state index is 13.4. The van der Waals surface area contributed by atoms with Crippen LogP contribution in [0.3, 0.4) is 0 Å². The highest BCUT2D eigenvalue weighted by molar-refractivity contribution is 7.92. The van der Waals surface area contributed by atoms with Gasteiger partial charge in [-0.25, -0.2) is 8.42 Å². The van der Waals surface area contributed by atoms with E-state index in [9.17, 15) is 13.2 Å². The fourth-order valence-electron chi connectivity index (χ4n) is 3.81. The van der Waals surface area contributed by atoms with Crippen LogP contribution in [0, 0.1) is 11.3 Å². The molecular weight excluding hydrogens is 362 g/mol. The second kappa shape index (κ2) is 7.50. The number of carbonyl (C=O) groups is 1. The van der Waals surface area contributed by atoms with Gasteiger partial charge in [-0.1, -0.05) is 48.9 Å². The van der Waals surface area contributed by atoms with Gasteiger partial charge in [-0.05, 0) is 37.8 Å². The number of hydrogen-bond acceptors (Lipinski definition) is 4. The molecule has 1 aliphatic heterocycles. The van der Waals surface area contributed by atoms with Gasteiger partial charge in [-0.15, -0.1) is 0 Å². The number of esters is 1. The average molecular weight is 390 g/mol. The molecule has 1 aliphatic carbocycles. The Bertz CT molecular complexity index is 887. The number of hydrogen-bond donors (Lipinski definition) is 0. The van der Waals surface area contributed by atoms with E-state index in [-0.39, 0.29) is 24.2 Å². The van der Waals surface area contributed by atoms with Crippen molar-refractivity contribution in [1.29, 1.82) is 0 Å². The zero-order valence-corrected chi connectivity index (χ0v) is 17.0. The Kier molecular flexibility index (Phi) is 5.47. The van der Waals surface area contributed by atoms with Gasteiger partial charge in [0.05, 0.1) is 24.5 Å². The van der Waals surface area contributed by atoms with E-state index in [0.717, 1.165) is 11.1 Å². The van der Waals surface area contributed by atoms with Gasteiger partial charge in [0.2, 0.25) is 10.0 Å². The largest absolute Gasteiger partial charge is 0.469 e. The van der Waals surface area contributed by atoms with Crippen LogP contribution in [0.2, 0.25) is 0 Å². The van der Waals surface area contributed by atoms with Crippen molar-refractivity contribution in [2.24, 2.45) is 11.3 Å². The van der Waals surface area contributed by atoms with Crippen molar-refractivity contribution in [3.63, 3.8) is 0 Å². The summed E-state index contributed by atoms with van der Waals surface area (Å²) in [6.45, 7) is 4.28. The molecule has 1 aromatic rings. The molecule has 0 bridgehead atoms. The summed E-state index contributed by atoms with van der Waals surface area (Å²) in [5, 5.41) is 0. The SMILES string of the molecule is COC(=O)C1CCN(S(=O)(=O)CC2(C)C=CC(C)=CC2)c2ccccc2C1. The number of rotatable bonds is 4. The highest BCUT2D eigenvalue weighted by atomic mass is 32.2. The van der Waals surface area contributed by atoms with E-state index in [0.29, 0.717) is 24.9 Å². The van der Waals surface area contributed by atoms with Crippen molar-refractivity contribution >= 4 is 21.7 Å². The number of carbonyl (C=O) groups excluding carboxylic acids is 1. The van der Waals surface area contributed by atoms with Gasteiger partial charge in [0.25, 0.3) is 0 Å². The highest BCUT2D eigenvalue weighted by Crippen LogP contribution is 2.36. The molecular formula is C21H27NO4S. The average Bonchev–Trinajstić information content (AvgIpc) is 2.83. The van der Waals surface area contributed by atoms with Crippen LogP contribution in [0.4, 0.5) is 5.69 Å². The molecule has 146 valence electrons. The van der Waals surface area contributed by atoms with E-state index in [1.54, 1.807) is 0 Å². The Morgan fingerprint density at radius 2 is 2.07 bits per heavy atom. The van der Waals surface area contributed by atoms with Crippen LogP contribution in [-0.4, -0.2) is 33.8 Å². The third kappa shape index (κ3) is 4.26. The lowest BCUT2D eigenvalue weighted by Gasteiger charge is -2.32. The molecule has 0 N–H and O–H groups in total. The first kappa shape index (κ1) is 19.7. The standard InChI is InChI=1S/C21H27NO4S/c1-16-8-11-21(2,12-9-16)15-27(24,25)22-13-10-18(20(23)26-3)14-17-6-4-5-7-19(17)22/h4-9,11,18H,10,12-15H2,1-3H3. The molecule has 2 atom stereocenters. The number of methoxy groups -OCH3 is 1. The second-order valence-corrected chi connectivity index (χ2v) is 9.70. The summed E-state index contributed by atoms with van der Waals surface area (Å²) in [7, 11) is -2.18. The van der Waals surface area contributed by atoms with Crippen LogP contribution < -0.4 is 4.31 Å². The Hall–Kier alpha value is -2.08. The van der Waals surface area contributed by atoms with Crippen LogP contribution in [-0.2, 0) is 26.0 Å². The maximum atomic E-state index is 13.4. The van der Waals surface area contributed by atoms with Crippen molar-refractivity contribution in [1.82, 2.24) is 0 Å². The number of allylic oxidation sites excluding steroid dienone is 4. The van der Waals surface area contributed by atoms with Gasteiger partial charge in [0, 0.05) is 12.0 Å². The first-order valence-corrected chi connectivity index (χ1v) is 10.9. The van der Waals surface area contributed by atoms with Gasteiger partial charge in [-0.3, -0.25) is 9.10 Å². The van der Waals surface area contributed by atoms with Crippen molar-refractivity contribution in [2.75, 3.05) is 23.7 Å². The molecule has 0 saturated heterocycles. The predicted octanol–water partition coefficient (Wildman–Crippen LogP) is 3.47. The van der Waals surface area contributed by atoms with E-state index in [1.807, 2.05) is 50.3 Å². The number of anilines is 1. The summed E-state index contributed by atoms with van der Waals surface area (Å²) < 4.78 is 33.1. The molecule has 2 unspecified atom stereocenters. The highest BCUT2D eigenvalue weighted by Gasteiger charge is 2.36. The first-order chi connectivity index (χ1) is 12.7. The van der Waals surface area contributed by atoms with Crippen molar-refractivity contribution < 1.29 is 17.9 Å². The molecule has 2 aliphatic rings. The van der Waals surface area contributed by atoms with Gasteiger partial charge < -0.3 is 4.74 Å². The number of sulfonamides is 1. The molecule has 1 heterocycles. The Morgan fingerprint density at radius 3 is 2.74 bits per heavy atom. The molecule has 3 rings (SSSR count). The van der Waals surface area contributed by atoms with Gasteiger partial charge in [0.15, 0.2) is 0 Å². The van der Waals surface area contributed by atoms with E-state index >= 15 is 0 Å². The van der Waals surface area contributed by atoms with E-state index in [4.69, 9.17) is 4.74 Å². The van der Waals surface area contributed by atoms with Gasteiger partial charge in [0.1, 0.15) is 0 Å². The Labute approximate surface area is 161 Å². The van der Waals surface area contributed by atoms with E-state index in [1.165, 1.54) is 11.4 Å². The molecule has 6 heteroatoms. The minimum absolute atomic E-state index is 0.0392. The molecule has 0 spiro atoms. The summed E-state index contributed by atoms with van der Waals surface area (Å²) in [6, 6.07) is 7.44. The first-order valence-electron chi connectivity index (χ1n) is 9.26. The van der Waals surface area contributed by atoms with Crippen molar-refractivity contribution in [2.45, 2.75) is 33.1 Å². The zero-order chi connectivity index (χ0) is 19.7. The Balaban J connectivity index is 1.91. The summed E-state index contributed by atoms with van der Waals surface area (Å²) >= 11 is 0. The minimum Gasteiger partial charge on any atom is -0.469 e. The third-order valence-electron chi connectivity index (χ3n) is 5.43. The Morgan fingerprint density at radius 1 is 1.33 bits per heavy atom. The van der Waals surface area contributed by atoms with Crippen molar-refractivity contribution in [3.05, 3.63) is 53.6 Å². The summed E-state index contributed by atoms with van der Waals surface area (Å²) in [5.74, 6) is -0.573. The molecule has 0 fully saturated rings. The molecule has 0 radical (unpaired) electrons. The monoisotopic (exact) mass is 389 g/mol. The quantitative estimate of drug-likeness (QED) is 0.740. The fourth-order valence-corrected chi connectivity index (χ4v) is 5.87. The van der Waals surface area contributed by atoms with Crippen LogP contribution in [0.5, 0.6) is 0 Å². The van der Waals surface area contributed by atoms with Gasteiger partial charge in [-0.2, -0.15) is 0 Å². The topological polar surface area (TPSA) is 63.7 Å². The number of fused-ring (bicyclic) bond motifs is 1. The molecule has 1 aromatic carbocycles. The summed E-state index contributed by atoms with van der Waals surface area (Å²) in [6.07, 6.45) is 7.72. The summed E-state index contributed by atoms with van der Waals surface area (Å²) in [4.78, 5) is 12.1. The fraction of sp³-hybridized carbons (Fsp3) is 0.476. The predicted molar refractivity (Wildman–Crippen MR) is 107 cm³/mol.